The van der Waals surface area contributed by atoms with E-state index in [1.165, 1.54) is 0 Å². The minimum Gasteiger partial charge on any atom is -0.288 e. The van der Waals surface area contributed by atoms with E-state index in [0.717, 1.165) is 18.0 Å². The fourth-order valence-corrected chi connectivity index (χ4v) is 3.33. The quantitative estimate of drug-likeness (QED) is 0.754. The van der Waals surface area contributed by atoms with E-state index in [0.29, 0.717) is 17.4 Å². The number of benzene rings is 1. The van der Waals surface area contributed by atoms with E-state index in [2.05, 4.69) is 14.7 Å². The average molecular weight is 364 g/mol. The lowest BCUT2D eigenvalue weighted by Crippen LogP contribution is -2.23. The number of aromatic nitrogens is 3. The molecule has 0 amide bonds. The summed E-state index contributed by atoms with van der Waals surface area (Å²) in [7, 11) is -4.05. The van der Waals surface area contributed by atoms with Gasteiger partial charge >= 0.3 is 0 Å². The number of aryl methyl sites for hydroxylation is 1. The Morgan fingerprint density at radius 3 is 2.44 bits per heavy atom. The maximum Gasteiger partial charge on any atom is 0.241 e. The standard InChI is InChI=1S/C16H14F2N4O2S/c1-11-19-4-5-22(11)16-6-12(2-3-20-16)10-21-25(23,24)15-8-13(17)7-14(18)9-15/h2-9,21H,10H2,1H3. The van der Waals surface area contributed by atoms with E-state index in [-0.39, 0.29) is 6.54 Å². The van der Waals surface area contributed by atoms with E-state index >= 15 is 0 Å². The number of pyridine rings is 1. The van der Waals surface area contributed by atoms with Gasteiger partial charge in [0.15, 0.2) is 0 Å². The summed E-state index contributed by atoms with van der Waals surface area (Å²) in [5, 5.41) is 0. The van der Waals surface area contributed by atoms with E-state index in [1.807, 2.05) is 6.92 Å². The molecule has 0 aliphatic carbocycles. The van der Waals surface area contributed by atoms with Crippen molar-refractivity contribution >= 4 is 10.0 Å². The molecule has 0 aliphatic rings. The lowest BCUT2D eigenvalue weighted by atomic mass is 10.2. The second-order valence-electron chi connectivity index (χ2n) is 5.30. The van der Waals surface area contributed by atoms with Gasteiger partial charge in [0.1, 0.15) is 23.3 Å². The summed E-state index contributed by atoms with van der Waals surface area (Å²) in [5.41, 5.74) is 0.638. The third-order valence-electron chi connectivity index (χ3n) is 3.50. The van der Waals surface area contributed by atoms with Gasteiger partial charge in [0, 0.05) is 31.2 Å². The first-order valence-electron chi connectivity index (χ1n) is 7.26. The third kappa shape index (κ3) is 3.89. The molecule has 0 atom stereocenters. The number of nitrogens with one attached hydrogen (secondary N) is 1. The normalized spacial score (nSPS) is 11.6. The van der Waals surface area contributed by atoms with Crippen LogP contribution in [0.1, 0.15) is 11.4 Å². The Hall–Kier alpha value is -2.65. The smallest absolute Gasteiger partial charge is 0.241 e. The van der Waals surface area contributed by atoms with Gasteiger partial charge in [-0.05, 0) is 36.8 Å². The van der Waals surface area contributed by atoms with Crippen LogP contribution in [0.15, 0.2) is 53.8 Å². The number of imidazole rings is 1. The van der Waals surface area contributed by atoms with E-state index < -0.39 is 26.6 Å². The number of sulfonamides is 1. The van der Waals surface area contributed by atoms with E-state index in [9.17, 15) is 17.2 Å². The SMILES string of the molecule is Cc1nccn1-c1cc(CNS(=O)(=O)c2cc(F)cc(F)c2)ccn1. The Morgan fingerprint density at radius 1 is 1.08 bits per heavy atom. The molecule has 0 unspecified atom stereocenters. The van der Waals surface area contributed by atoms with Crippen molar-refractivity contribution < 1.29 is 17.2 Å². The monoisotopic (exact) mass is 364 g/mol. The molecule has 0 saturated carbocycles. The van der Waals surface area contributed by atoms with Gasteiger partial charge in [0.05, 0.1) is 4.90 Å². The first-order valence-corrected chi connectivity index (χ1v) is 8.74. The summed E-state index contributed by atoms with van der Waals surface area (Å²) in [5.74, 6) is -0.590. The topological polar surface area (TPSA) is 76.9 Å². The molecular weight excluding hydrogens is 350 g/mol. The molecule has 9 heteroatoms. The maximum absolute atomic E-state index is 13.2. The predicted molar refractivity (Wildman–Crippen MR) is 86.5 cm³/mol. The average Bonchev–Trinajstić information content (AvgIpc) is 2.98. The summed E-state index contributed by atoms with van der Waals surface area (Å²) in [4.78, 5) is 7.85. The molecule has 6 nitrogen and oxygen atoms in total. The summed E-state index contributed by atoms with van der Waals surface area (Å²) in [6.07, 6.45) is 4.91. The van der Waals surface area contributed by atoms with Gasteiger partial charge in [-0.15, -0.1) is 0 Å². The van der Waals surface area contributed by atoms with Gasteiger partial charge in [-0.2, -0.15) is 0 Å². The van der Waals surface area contributed by atoms with Crippen LogP contribution < -0.4 is 4.72 Å². The molecule has 0 radical (unpaired) electrons. The first-order chi connectivity index (χ1) is 11.8. The van der Waals surface area contributed by atoms with Gasteiger partial charge in [-0.25, -0.2) is 31.9 Å². The number of hydrogen-bond acceptors (Lipinski definition) is 4. The molecule has 2 aromatic heterocycles. The van der Waals surface area contributed by atoms with Gasteiger partial charge in [0.25, 0.3) is 0 Å². The zero-order valence-electron chi connectivity index (χ0n) is 13.1. The molecule has 0 saturated heterocycles. The molecule has 0 aliphatic heterocycles. The van der Waals surface area contributed by atoms with Crippen LogP contribution in [0.4, 0.5) is 8.78 Å². The van der Waals surface area contributed by atoms with Gasteiger partial charge < -0.3 is 0 Å². The summed E-state index contributed by atoms with van der Waals surface area (Å²) in [6.45, 7) is 1.76. The molecule has 25 heavy (non-hydrogen) atoms. The zero-order chi connectivity index (χ0) is 18.0. The van der Waals surface area contributed by atoms with Crippen LogP contribution in [0.2, 0.25) is 0 Å². The lowest BCUT2D eigenvalue weighted by molar-refractivity contribution is 0.561. The highest BCUT2D eigenvalue weighted by Crippen LogP contribution is 2.15. The molecule has 0 fully saturated rings. The first kappa shape index (κ1) is 17.2. The molecule has 1 N–H and O–H groups in total. The van der Waals surface area contributed by atoms with Crippen molar-refractivity contribution in [1.82, 2.24) is 19.3 Å². The summed E-state index contributed by atoms with van der Waals surface area (Å²) in [6, 6.07) is 5.48. The fourth-order valence-electron chi connectivity index (χ4n) is 2.27. The van der Waals surface area contributed by atoms with Crippen molar-refractivity contribution in [3.8, 4) is 5.82 Å². The Balaban J connectivity index is 1.80. The Bertz CT molecular complexity index is 998. The van der Waals surface area contributed by atoms with Gasteiger partial charge in [-0.1, -0.05) is 0 Å². The summed E-state index contributed by atoms with van der Waals surface area (Å²) < 4.78 is 54.9. The van der Waals surface area contributed by atoms with Gasteiger partial charge in [0.2, 0.25) is 10.0 Å². The highest BCUT2D eigenvalue weighted by atomic mass is 32.2. The second kappa shape index (κ2) is 6.69. The molecule has 0 spiro atoms. The van der Waals surface area contributed by atoms with Crippen molar-refractivity contribution in [3.63, 3.8) is 0 Å². The Morgan fingerprint density at radius 2 is 1.80 bits per heavy atom. The van der Waals surface area contributed by atoms with Crippen molar-refractivity contribution in [1.29, 1.82) is 0 Å². The van der Waals surface area contributed by atoms with Crippen LogP contribution in [0.3, 0.4) is 0 Å². The lowest BCUT2D eigenvalue weighted by Gasteiger charge is -2.09. The Labute approximate surface area is 143 Å². The molecule has 0 bridgehead atoms. The molecule has 130 valence electrons. The van der Waals surface area contributed by atoms with E-state index in [4.69, 9.17) is 0 Å². The van der Waals surface area contributed by atoms with Gasteiger partial charge in [-0.3, -0.25) is 4.57 Å². The number of rotatable bonds is 5. The van der Waals surface area contributed by atoms with Crippen LogP contribution in [0, 0.1) is 18.6 Å². The number of nitrogens with zero attached hydrogens (tertiary/aromatic N) is 3. The molecule has 1 aromatic carbocycles. The Kier molecular flexibility index (Phi) is 4.60. The minimum atomic E-state index is -4.05. The van der Waals surface area contributed by atoms with Crippen molar-refractivity contribution in [3.05, 3.63) is 71.9 Å². The highest BCUT2D eigenvalue weighted by molar-refractivity contribution is 7.89. The molecule has 2 heterocycles. The highest BCUT2D eigenvalue weighted by Gasteiger charge is 2.16. The maximum atomic E-state index is 13.2. The van der Waals surface area contributed by atoms with Crippen molar-refractivity contribution in [2.45, 2.75) is 18.4 Å². The molecule has 3 rings (SSSR count). The number of hydrogen-bond donors (Lipinski definition) is 1. The number of halogens is 2. The van der Waals surface area contributed by atoms with Crippen LogP contribution >= 0.6 is 0 Å². The third-order valence-corrected chi connectivity index (χ3v) is 4.88. The van der Waals surface area contributed by atoms with Crippen LogP contribution in [0.25, 0.3) is 5.82 Å². The predicted octanol–water partition coefficient (Wildman–Crippen LogP) is 2.33. The van der Waals surface area contributed by atoms with Crippen LogP contribution in [-0.4, -0.2) is 23.0 Å². The fraction of sp³-hybridized carbons (Fsp3) is 0.125. The van der Waals surface area contributed by atoms with Crippen molar-refractivity contribution in [2.75, 3.05) is 0 Å². The molecule has 3 aromatic rings. The minimum absolute atomic E-state index is 0.0519. The zero-order valence-corrected chi connectivity index (χ0v) is 14.0. The molecular formula is C16H14F2N4O2S. The van der Waals surface area contributed by atoms with E-state index in [1.54, 1.807) is 35.3 Å². The summed E-state index contributed by atoms with van der Waals surface area (Å²) >= 11 is 0. The van der Waals surface area contributed by atoms with Crippen molar-refractivity contribution in [2.24, 2.45) is 0 Å². The largest absolute Gasteiger partial charge is 0.288 e. The second-order valence-corrected chi connectivity index (χ2v) is 7.06. The van der Waals surface area contributed by atoms with Crippen LogP contribution in [0.5, 0.6) is 0 Å². The van der Waals surface area contributed by atoms with Crippen LogP contribution in [-0.2, 0) is 16.6 Å².